The predicted molar refractivity (Wildman–Crippen MR) is 74.0 cm³/mol. The van der Waals surface area contributed by atoms with Crippen LogP contribution in [0.25, 0.3) is 0 Å². The molecule has 2 unspecified atom stereocenters. The molecular formula is C14H26F2N2O2. The van der Waals surface area contributed by atoms with Gasteiger partial charge in [0.15, 0.2) is 0 Å². The Hall–Kier alpha value is -0.910. The van der Waals surface area contributed by atoms with Gasteiger partial charge in [-0.15, -0.1) is 0 Å². The summed E-state index contributed by atoms with van der Waals surface area (Å²) >= 11 is 0. The number of hydrogen-bond acceptors (Lipinski definition) is 3. The van der Waals surface area contributed by atoms with Crippen molar-refractivity contribution in [2.75, 3.05) is 13.1 Å². The van der Waals surface area contributed by atoms with Crippen molar-refractivity contribution in [2.24, 2.45) is 0 Å². The van der Waals surface area contributed by atoms with Crippen molar-refractivity contribution >= 4 is 6.09 Å². The fourth-order valence-corrected chi connectivity index (χ4v) is 2.21. The zero-order chi connectivity index (χ0) is 15.3. The Labute approximate surface area is 119 Å². The van der Waals surface area contributed by atoms with Crippen LogP contribution in [0.5, 0.6) is 0 Å². The highest BCUT2D eigenvalue weighted by molar-refractivity contribution is 5.68. The molecule has 6 heteroatoms. The van der Waals surface area contributed by atoms with E-state index in [-0.39, 0.29) is 12.1 Å². The normalized spacial score (nSPS) is 22.6. The molecule has 0 aliphatic carbocycles. The van der Waals surface area contributed by atoms with E-state index in [1.807, 2.05) is 20.8 Å². The molecule has 0 aromatic carbocycles. The lowest BCUT2D eigenvalue weighted by atomic mass is 10.1. The van der Waals surface area contributed by atoms with E-state index in [0.29, 0.717) is 13.1 Å². The highest BCUT2D eigenvalue weighted by Crippen LogP contribution is 2.16. The summed E-state index contributed by atoms with van der Waals surface area (Å²) in [5, 5.41) is 2.91. The molecule has 1 amide bonds. The summed E-state index contributed by atoms with van der Waals surface area (Å²) in [5.74, 6) is 0. The topological polar surface area (TPSA) is 41.6 Å². The number of rotatable bonds is 3. The third-order valence-corrected chi connectivity index (χ3v) is 3.20. The molecule has 1 rings (SSSR count). The van der Waals surface area contributed by atoms with E-state index in [1.165, 1.54) is 6.92 Å². The molecule has 0 aromatic heterocycles. The molecular weight excluding hydrogens is 266 g/mol. The van der Waals surface area contributed by atoms with Crippen LogP contribution in [-0.4, -0.2) is 48.2 Å². The first-order chi connectivity index (χ1) is 9.19. The molecule has 0 aromatic rings. The summed E-state index contributed by atoms with van der Waals surface area (Å²) in [7, 11) is 0. The average Bonchev–Trinajstić information content (AvgIpc) is 2.52. The summed E-state index contributed by atoms with van der Waals surface area (Å²) in [4.78, 5) is 13.7. The molecule has 4 nitrogen and oxygen atoms in total. The first-order valence-corrected chi connectivity index (χ1v) is 7.21. The summed E-state index contributed by atoms with van der Waals surface area (Å²) in [6, 6.07) is -0.965. The van der Waals surface area contributed by atoms with Crippen LogP contribution >= 0.6 is 0 Å². The maximum atomic E-state index is 12.6. The lowest BCUT2D eigenvalue weighted by Gasteiger charge is -2.29. The van der Waals surface area contributed by atoms with Gasteiger partial charge in [0, 0.05) is 19.1 Å². The highest BCUT2D eigenvalue weighted by Gasteiger charge is 2.28. The van der Waals surface area contributed by atoms with Gasteiger partial charge in [-0.05, 0) is 40.5 Å². The minimum absolute atomic E-state index is 0.103. The van der Waals surface area contributed by atoms with Gasteiger partial charge in [-0.2, -0.15) is 0 Å². The molecule has 1 fully saturated rings. The number of amides is 1. The Bertz CT molecular complexity index is 319. The van der Waals surface area contributed by atoms with Crippen molar-refractivity contribution in [1.82, 2.24) is 10.2 Å². The molecule has 1 aliphatic heterocycles. The second-order valence-electron chi connectivity index (χ2n) is 6.41. The molecule has 0 spiro atoms. The number of carbonyl (C=O) groups excluding carboxylic acids is 1. The quantitative estimate of drug-likeness (QED) is 0.869. The van der Waals surface area contributed by atoms with Crippen LogP contribution in [-0.2, 0) is 4.74 Å². The third-order valence-electron chi connectivity index (χ3n) is 3.20. The Balaban J connectivity index is 2.58. The number of ether oxygens (including phenoxy) is 1. The minimum Gasteiger partial charge on any atom is -0.444 e. The van der Waals surface area contributed by atoms with Gasteiger partial charge in [0.2, 0.25) is 0 Å². The van der Waals surface area contributed by atoms with Crippen molar-refractivity contribution in [3.05, 3.63) is 0 Å². The lowest BCUT2D eigenvalue weighted by Crippen LogP contribution is -2.48. The van der Waals surface area contributed by atoms with Crippen LogP contribution < -0.4 is 5.32 Å². The molecule has 1 N–H and O–H groups in total. The summed E-state index contributed by atoms with van der Waals surface area (Å²) in [6.45, 7) is 7.96. The van der Waals surface area contributed by atoms with Gasteiger partial charge >= 0.3 is 6.09 Å². The van der Waals surface area contributed by atoms with Crippen molar-refractivity contribution in [1.29, 1.82) is 0 Å². The molecule has 20 heavy (non-hydrogen) atoms. The van der Waals surface area contributed by atoms with E-state index in [9.17, 15) is 13.6 Å². The molecule has 1 saturated heterocycles. The summed E-state index contributed by atoms with van der Waals surface area (Å²) in [5.41, 5.74) is -0.539. The standard InChI is InChI=1S/C14H26F2N2O2/c1-10(12(15)16)17-11-7-5-6-8-18(9-11)13(19)20-14(2,3)4/h10-12,17H,5-9H2,1-4H3. The van der Waals surface area contributed by atoms with Crippen molar-refractivity contribution in [3.8, 4) is 0 Å². The van der Waals surface area contributed by atoms with E-state index in [1.54, 1.807) is 4.90 Å². The minimum atomic E-state index is -2.40. The van der Waals surface area contributed by atoms with Gasteiger partial charge in [-0.3, -0.25) is 0 Å². The Morgan fingerprint density at radius 3 is 2.55 bits per heavy atom. The summed E-state index contributed by atoms with van der Waals surface area (Å²) in [6.07, 6.45) is -0.159. The van der Waals surface area contributed by atoms with Crippen molar-refractivity contribution in [3.63, 3.8) is 0 Å². The smallest absolute Gasteiger partial charge is 0.410 e. The van der Waals surface area contributed by atoms with Crippen LogP contribution in [0, 0.1) is 0 Å². The maximum absolute atomic E-state index is 12.6. The number of likely N-dealkylation sites (tertiary alicyclic amines) is 1. The first-order valence-electron chi connectivity index (χ1n) is 7.21. The third kappa shape index (κ3) is 6.03. The number of nitrogens with one attached hydrogen (secondary N) is 1. The van der Waals surface area contributed by atoms with Gasteiger partial charge in [0.1, 0.15) is 5.60 Å². The Kier molecular flexibility index (Phi) is 6.17. The van der Waals surface area contributed by atoms with Crippen LogP contribution in [0.2, 0.25) is 0 Å². The number of alkyl halides is 2. The van der Waals surface area contributed by atoms with E-state index >= 15 is 0 Å². The van der Waals surface area contributed by atoms with Crippen LogP contribution in [0.15, 0.2) is 0 Å². The van der Waals surface area contributed by atoms with Crippen LogP contribution in [0.3, 0.4) is 0 Å². The van der Waals surface area contributed by atoms with Crippen molar-refractivity contribution in [2.45, 2.75) is 71.1 Å². The SMILES string of the molecule is CC(NC1CCCCN(C(=O)OC(C)(C)C)C1)C(F)F. The first kappa shape index (κ1) is 17.1. The molecule has 0 radical (unpaired) electrons. The van der Waals surface area contributed by atoms with Gasteiger partial charge in [-0.1, -0.05) is 6.42 Å². The molecule has 1 aliphatic rings. The molecule has 118 valence electrons. The second kappa shape index (κ2) is 7.20. The Morgan fingerprint density at radius 1 is 1.35 bits per heavy atom. The largest absolute Gasteiger partial charge is 0.444 e. The van der Waals surface area contributed by atoms with E-state index < -0.39 is 18.1 Å². The average molecular weight is 292 g/mol. The highest BCUT2D eigenvalue weighted by atomic mass is 19.3. The van der Waals surface area contributed by atoms with Crippen molar-refractivity contribution < 1.29 is 18.3 Å². The second-order valence-corrected chi connectivity index (χ2v) is 6.41. The Morgan fingerprint density at radius 2 is 2.00 bits per heavy atom. The van der Waals surface area contributed by atoms with E-state index in [2.05, 4.69) is 5.32 Å². The van der Waals surface area contributed by atoms with E-state index in [4.69, 9.17) is 4.74 Å². The fraction of sp³-hybridized carbons (Fsp3) is 0.929. The maximum Gasteiger partial charge on any atom is 0.410 e. The molecule has 1 heterocycles. The zero-order valence-corrected chi connectivity index (χ0v) is 12.8. The number of carbonyl (C=O) groups is 1. The fourth-order valence-electron chi connectivity index (χ4n) is 2.21. The number of hydrogen-bond donors (Lipinski definition) is 1. The van der Waals surface area contributed by atoms with Crippen LogP contribution in [0.1, 0.15) is 47.0 Å². The van der Waals surface area contributed by atoms with Crippen LogP contribution in [0.4, 0.5) is 13.6 Å². The molecule has 0 saturated carbocycles. The molecule has 2 atom stereocenters. The molecule has 0 bridgehead atoms. The van der Waals surface area contributed by atoms with Gasteiger partial charge in [0.05, 0.1) is 6.04 Å². The number of halogens is 2. The lowest BCUT2D eigenvalue weighted by molar-refractivity contribution is 0.0234. The van der Waals surface area contributed by atoms with E-state index in [0.717, 1.165) is 19.3 Å². The van der Waals surface area contributed by atoms with Gasteiger partial charge in [-0.25, -0.2) is 13.6 Å². The zero-order valence-electron chi connectivity index (χ0n) is 12.8. The van der Waals surface area contributed by atoms with Gasteiger partial charge < -0.3 is 15.0 Å². The summed E-state index contributed by atoms with van der Waals surface area (Å²) < 4.78 is 30.5. The van der Waals surface area contributed by atoms with Gasteiger partial charge in [0.25, 0.3) is 6.43 Å². The number of nitrogens with zero attached hydrogens (tertiary/aromatic N) is 1. The predicted octanol–water partition coefficient (Wildman–Crippen LogP) is 3.02. The monoisotopic (exact) mass is 292 g/mol.